The third-order valence-corrected chi connectivity index (χ3v) is 11.0. The second-order valence-electron chi connectivity index (χ2n) is 13.2. The molecule has 9 aromatic rings. The molecule has 0 aliphatic heterocycles. The van der Waals surface area contributed by atoms with Crippen LogP contribution in [-0.2, 0) is 5.41 Å². The summed E-state index contributed by atoms with van der Waals surface area (Å²) >= 11 is 0. The molecule has 0 bridgehead atoms. The topological polar surface area (TPSA) is 0 Å². The molecule has 0 heterocycles. The zero-order chi connectivity index (χ0) is 30.7. The third-order valence-electron chi connectivity index (χ3n) is 11.0. The van der Waals surface area contributed by atoms with Crippen LogP contribution in [0.1, 0.15) is 22.3 Å². The molecule has 0 radical (unpaired) electrons. The lowest BCUT2D eigenvalue weighted by molar-refractivity contribution is 0.802. The molecule has 0 unspecified atom stereocenters. The van der Waals surface area contributed by atoms with Crippen molar-refractivity contribution >= 4 is 43.1 Å². The smallest absolute Gasteiger partial charge is 0.0619 e. The SMILES string of the molecule is c1ccc2c(c1)-c1ccccc1C21c2ccc3ccccc3c2-c2ccc3cc(-c4cc5ccccc5c5ccccc45)ccc3c21. The first-order valence-electron chi connectivity index (χ1n) is 16.5. The Kier molecular flexibility index (Phi) is 4.86. The van der Waals surface area contributed by atoms with Gasteiger partial charge in [0.1, 0.15) is 0 Å². The third kappa shape index (κ3) is 3.13. The lowest BCUT2D eigenvalue weighted by Gasteiger charge is -2.31. The van der Waals surface area contributed by atoms with E-state index in [1.54, 1.807) is 0 Å². The van der Waals surface area contributed by atoms with Crippen molar-refractivity contribution in [2.24, 2.45) is 0 Å². The number of benzene rings is 9. The van der Waals surface area contributed by atoms with Gasteiger partial charge in [0.05, 0.1) is 5.41 Å². The van der Waals surface area contributed by atoms with Crippen molar-refractivity contribution in [1.29, 1.82) is 0 Å². The Bertz CT molecular complexity index is 2750. The summed E-state index contributed by atoms with van der Waals surface area (Å²) in [5.74, 6) is 0. The first-order chi connectivity index (χ1) is 23.3. The van der Waals surface area contributed by atoms with Gasteiger partial charge in [-0.05, 0) is 111 Å². The lowest BCUT2D eigenvalue weighted by atomic mass is 9.69. The molecular weight excluding hydrogens is 565 g/mol. The molecular formula is C47H28. The Labute approximate surface area is 273 Å². The fraction of sp³-hybridized carbons (Fsp3) is 0.0213. The highest BCUT2D eigenvalue weighted by molar-refractivity contribution is 6.15. The molecule has 0 N–H and O–H groups in total. The molecule has 0 amide bonds. The van der Waals surface area contributed by atoms with Crippen LogP contribution in [0.25, 0.3) is 76.5 Å². The van der Waals surface area contributed by atoms with E-state index in [1.807, 2.05) is 0 Å². The van der Waals surface area contributed by atoms with E-state index in [9.17, 15) is 0 Å². The zero-order valence-electron chi connectivity index (χ0n) is 25.7. The molecule has 47 heavy (non-hydrogen) atoms. The van der Waals surface area contributed by atoms with Gasteiger partial charge in [-0.15, -0.1) is 0 Å². The summed E-state index contributed by atoms with van der Waals surface area (Å²) in [6.45, 7) is 0. The van der Waals surface area contributed by atoms with Crippen molar-refractivity contribution in [1.82, 2.24) is 0 Å². The molecule has 0 heteroatoms. The van der Waals surface area contributed by atoms with Gasteiger partial charge in [-0.1, -0.05) is 158 Å². The lowest BCUT2D eigenvalue weighted by Crippen LogP contribution is -2.26. The van der Waals surface area contributed by atoms with E-state index in [2.05, 4.69) is 170 Å². The highest BCUT2D eigenvalue weighted by atomic mass is 14.5. The minimum Gasteiger partial charge on any atom is -0.0619 e. The van der Waals surface area contributed by atoms with E-state index in [4.69, 9.17) is 0 Å². The van der Waals surface area contributed by atoms with Gasteiger partial charge >= 0.3 is 0 Å². The normalized spacial score (nSPS) is 13.7. The van der Waals surface area contributed by atoms with Crippen molar-refractivity contribution in [3.05, 3.63) is 192 Å². The molecule has 9 aromatic carbocycles. The van der Waals surface area contributed by atoms with E-state index >= 15 is 0 Å². The van der Waals surface area contributed by atoms with Crippen molar-refractivity contribution in [3.8, 4) is 33.4 Å². The Morgan fingerprint density at radius 3 is 1.68 bits per heavy atom. The highest BCUT2D eigenvalue weighted by Crippen LogP contribution is 2.65. The van der Waals surface area contributed by atoms with Crippen LogP contribution in [0.5, 0.6) is 0 Å². The van der Waals surface area contributed by atoms with E-state index in [-0.39, 0.29) is 0 Å². The van der Waals surface area contributed by atoms with Crippen molar-refractivity contribution < 1.29 is 0 Å². The van der Waals surface area contributed by atoms with Crippen molar-refractivity contribution in [3.63, 3.8) is 0 Å². The molecule has 2 aliphatic rings. The van der Waals surface area contributed by atoms with E-state index in [0.717, 1.165) is 0 Å². The molecule has 1 spiro atoms. The largest absolute Gasteiger partial charge is 0.0731 e. The summed E-state index contributed by atoms with van der Waals surface area (Å²) in [5, 5.41) is 10.4. The molecule has 0 fully saturated rings. The first-order valence-corrected chi connectivity index (χ1v) is 16.5. The summed E-state index contributed by atoms with van der Waals surface area (Å²) in [4.78, 5) is 0. The minimum atomic E-state index is -0.390. The number of rotatable bonds is 1. The summed E-state index contributed by atoms with van der Waals surface area (Å²) in [5.41, 5.74) is 13.1. The fourth-order valence-electron chi connectivity index (χ4n) is 9.21. The van der Waals surface area contributed by atoms with Gasteiger partial charge in [0.15, 0.2) is 0 Å². The van der Waals surface area contributed by atoms with Crippen LogP contribution >= 0.6 is 0 Å². The minimum absolute atomic E-state index is 0.390. The average Bonchev–Trinajstić information content (AvgIpc) is 3.62. The van der Waals surface area contributed by atoms with Crippen LogP contribution in [0, 0.1) is 0 Å². The van der Waals surface area contributed by atoms with Gasteiger partial charge in [-0.25, -0.2) is 0 Å². The van der Waals surface area contributed by atoms with E-state index < -0.39 is 5.41 Å². The average molecular weight is 593 g/mol. The maximum Gasteiger partial charge on any atom is 0.0731 e. The molecule has 0 saturated carbocycles. The van der Waals surface area contributed by atoms with Gasteiger partial charge in [-0.2, -0.15) is 0 Å². The van der Waals surface area contributed by atoms with Crippen LogP contribution in [0.4, 0.5) is 0 Å². The summed E-state index contributed by atoms with van der Waals surface area (Å²) in [6, 6.07) is 63.8. The first kappa shape index (κ1) is 25.2. The molecule has 0 aromatic heterocycles. The van der Waals surface area contributed by atoms with Crippen LogP contribution < -0.4 is 0 Å². The summed E-state index contributed by atoms with van der Waals surface area (Å²) in [7, 11) is 0. The predicted molar refractivity (Wildman–Crippen MR) is 198 cm³/mol. The highest BCUT2D eigenvalue weighted by Gasteiger charge is 2.52. The number of hydrogen-bond donors (Lipinski definition) is 0. The Balaban J connectivity index is 1.26. The quantitative estimate of drug-likeness (QED) is 0.166. The monoisotopic (exact) mass is 592 g/mol. The molecule has 0 nitrogen and oxygen atoms in total. The van der Waals surface area contributed by atoms with E-state index in [0.29, 0.717) is 0 Å². The van der Waals surface area contributed by atoms with Crippen molar-refractivity contribution in [2.45, 2.75) is 5.41 Å². The Hall–Kier alpha value is -5.98. The molecule has 0 saturated heterocycles. The van der Waals surface area contributed by atoms with Gasteiger partial charge in [0, 0.05) is 0 Å². The Morgan fingerprint density at radius 1 is 0.298 bits per heavy atom. The second-order valence-corrected chi connectivity index (χ2v) is 13.2. The molecule has 0 atom stereocenters. The van der Waals surface area contributed by atoms with Crippen LogP contribution in [0.2, 0.25) is 0 Å². The van der Waals surface area contributed by atoms with E-state index in [1.165, 1.54) is 98.7 Å². The molecule has 2 aliphatic carbocycles. The van der Waals surface area contributed by atoms with Gasteiger partial charge in [-0.3, -0.25) is 0 Å². The molecule has 216 valence electrons. The summed E-state index contributed by atoms with van der Waals surface area (Å²) in [6.07, 6.45) is 0. The van der Waals surface area contributed by atoms with Crippen LogP contribution in [0.3, 0.4) is 0 Å². The van der Waals surface area contributed by atoms with Gasteiger partial charge in [0.25, 0.3) is 0 Å². The van der Waals surface area contributed by atoms with Gasteiger partial charge < -0.3 is 0 Å². The number of hydrogen-bond acceptors (Lipinski definition) is 0. The summed E-state index contributed by atoms with van der Waals surface area (Å²) < 4.78 is 0. The maximum atomic E-state index is 2.42. The zero-order valence-corrected chi connectivity index (χ0v) is 25.7. The van der Waals surface area contributed by atoms with Gasteiger partial charge in [0.2, 0.25) is 0 Å². The standard InChI is InChI=1S/C47H28/c1-4-14-34-29(11-1)23-26-44-45(34)40-25-22-31-27-32(41-28-30-12-2-3-13-33(30)36-15-5-6-16-37(36)41)21-24-35(31)46(40)47(44)42-19-9-7-17-38(42)39-18-8-10-20-43(39)47/h1-28H. The van der Waals surface area contributed by atoms with Crippen LogP contribution in [-0.4, -0.2) is 0 Å². The second kappa shape index (κ2) is 9.06. The fourth-order valence-corrected chi connectivity index (χ4v) is 9.21. The van der Waals surface area contributed by atoms with Crippen LogP contribution in [0.15, 0.2) is 170 Å². The Morgan fingerprint density at radius 2 is 0.894 bits per heavy atom. The molecule has 11 rings (SSSR count). The maximum absolute atomic E-state index is 2.42. The predicted octanol–water partition coefficient (Wildman–Crippen LogP) is 12.3. The van der Waals surface area contributed by atoms with Crippen molar-refractivity contribution in [2.75, 3.05) is 0 Å². The number of fused-ring (bicyclic) bond motifs is 17.